The molecule has 5 rings (SSSR count). The molecular formula is C27H21Cl2FN3O4S-. The Bertz CT molecular complexity index is 1500. The number of anilines is 1. The molecule has 2 atom stereocenters. The molecule has 0 aliphatic heterocycles. The number of rotatable bonds is 8. The number of amides is 1. The third-order valence-electron chi connectivity index (χ3n) is 6.60. The second-order valence-corrected chi connectivity index (χ2v) is 11.2. The van der Waals surface area contributed by atoms with Gasteiger partial charge >= 0.3 is 0 Å². The number of hydrogen-bond acceptors (Lipinski definition) is 6. The summed E-state index contributed by atoms with van der Waals surface area (Å²) >= 11 is 11.1. The standard InChI is InChI=1S/C27H22Cl2FN3O4S/c1-15(38(35)36)17-4-2-16(3-5-17)12-23(34)31-20-13-21(28)24(22(29)14-20)27(10-11-27)26-32-25(37-33-26)18-6-8-19(30)9-7-18/h2-9,13-15H,10-12H2,1H3,(H,31,34)(H,35,36)/p-1. The largest absolute Gasteiger partial charge is 0.772 e. The molecule has 38 heavy (non-hydrogen) atoms. The summed E-state index contributed by atoms with van der Waals surface area (Å²) in [6, 6.07) is 15.9. The monoisotopic (exact) mass is 572 g/mol. The second-order valence-electron chi connectivity index (χ2n) is 9.20. The minimum absolute atomic E-state index is 0.0884. The van der Waals surface area contributed by atoms with Crippen LogP contribution in [0.25, 0.3) is 11.5 Å². The minimum Gasteiger partial charge on any atom is -0.772 e. The summed E-state index contributed by atoms with van der Waals surface area (Å²) in [6.45, 7) is 1.59. The van der Waals surface area contributed by atoms with Crippen LogP contribution in [0.3, 0.4) is 0 Å². The highest BCUT2D eigenvalue weighted by molar-refractivity contribution is 7.79. The lowest BCUT2D eigenvalue weighted by Crippen LogP contribution is -2.16. The van der Waals surface area contributed by atoms with Gasteiger partial charge in [0.1, 0.15) is 5.82 Å². The molecule has 1 N–H and O–H groups in total. The lowest BCUT2D eigenvalue weighted by atomic mass is 9.94. The van der Waals surface area contributed by atoms with E-state index in [0.717, 1.165) is 18.4 Å². The van der Waals surface area contributed by atoms with E-state index in [1.807, 2.05) is 0 Å². The molecule has 1 fully saturated rings. The lowest BCUT2D eigenvalue weighted by Gasteiger charge is -2.17. The average Bonchev–Trinajstić information content (AvgIpc) is 3.50. The number of carbonyl (C=O) groups excluding carboxylic acids is 1. The molecule has 1 saturated carbocycles. The highest BCUT2D eigenvalue weighted by atomic mass is 35.5. The Balaban J connectivity index is 1.31. The Morgan fingerprint density at radius 2 is 1.76 bits per heavy atom. The summed E-state index contributed by atoms with van der Waals surface area (Å²) in [6.07, 6.45) is 1.52. The molecule has 2 unspecified atom stereocenters. The van der Waals surface area contributed by atoms with Gasteiger partial charge in [0.05, 0.1) is 11.8 Å². The fourth-order valence-corrected chi connectivity index (χ4v) is 5.58. The molecule has 1 aromatic heterocycles. The quantitative estimate of drug-likeness (QED) is 0.245. The van der Waals surface area contributed by atoms with Crippen molar-refractivity contribution in [2.75, 3.05) is 5.32 Å². The van der Waals surface area contributed by atoms with E-state index in [1.54, 1.807) is 55.5 Å². The van der Waals surface area contributed by atoms with Crippen LogP contribution in [0.2, 0.25) is 10.0 Å². The van der Waals surface area contributed by atoms with Gasteiger partial charge in [0.2, 0.25) is 5.91 Å². The first kappa shape index (κ1) is 26.5. The van der Waals surface area contributed by atoms with Crippen molar-refractivity contribution >= 4 is 45.9 Å². The van der Waals surface area contributed by atoms with Crippen molar-refractivity contribution in [2.24, 2.45) is 0 Å². The van der Waals surface area contributed by atoms with Crippen molar-refractivity contribution in [2.45, 2.75) is 36.9 Å². The molecule has 1 heterocycles. The van der Waals surface area contributed by atoms with Crippen LogP contribution in [0.1, 0.15) is 47.5 Å². The molecule has 3 aromatic carbocycles. The molecule has 0 radical (unpaired) electrons. The zero-order chi connectivity index (χ0) is 27.0. The summed E-state index contributed by atoms with van der Waals surface area (Å²) in [5, 5.41) is 7.06. The van der Waals surface area contributed by atoms with Crippen molar-refractivity contribution < 1.29 is 22.5 Å². The number of aromatic nitrogens is 2. The molecule has 7 nitrogen and oxygen atoms in total. The normalized spacial score (nSPS) is 15.6. The van der Waals surface area contributed by atoms with E-state index in [4.69, 9.17) is 27.7 Å². The molecule has 0 spiro atoms. The van der Waals surface area contributed by atoms with E-state index < -0.39 is 21.7 Å². The maximum Gasteiger partial charge on any atom is 0.257 e. The molecule has 11 heteroatoms. The van der Waals surface area contributed by atoms with Gasteiger partial charge in [-0.15, -0.1) is 0 Å². The van der Waals surface area contributed by atoms with Gasteiger partial charge in [0.25, 0.3) is 5.89 Å². The van der Waals surface area contributed by atoms with Gasteiger partial charge in [-0.05, 0) is 78.4 Å². The van der Waals surface area contributed by atoms with Gasteiger partial charge in [0.15, 0.2) is 5.82 Å². The topological polar surface area (TPSA) is 108 Å². The third-order valence-corrected chi connectivity index (χ3v) is 8.05. The second kappa shape index (κ2) is 10.6. The van der Waals surface area contributed by atoms with Crippen molar-refractivity contribution in [3.05, 3.63) is 99.0 Å². The van der Waals surface area contributed by atoms with Gasteiger partial charge < -0.3 is 14.4 Å². The number of carbonyl (C=O) groups is 1. The first-order valence-electron chi connectivity index (χ1n) is 11.7. The van der Waals surface area contributed by atoms with Crippen LogP contribution < -0.4 is 5.32 Å². The van der Waals surface area contributed by atoms with E-state index >= 15 is 0 Å². The molecular weight excluding hydrogens is 552 g/mol. The number of nitrogens with one attached hydrogen (secondary N) is 1. The summed E-state index contributed by atoms with van der Waals surface area (Å²) < 4.78 is 41.0. The Morgan fingerprint density at radius 1 is 1.13 bits per heavy atom. The van der Waals surface area contributed by atoms with Crippen LogP contribution in [-0.4, -0.2) is 24.8 Å². The molecule has 1 aliphatic rings. The van der Waals surface area contributed by atoms with Gasteiger partial charge in [-0.25, -0.2) is 4.39 Å². The van der Waals surface area contributed by atoms with Crippen LogP contribution in [0.15, 0.2) is 65.2 Å². The van der Waals surface area contributed by atoms with Gasteiger partial charge in [0, 0.05) is 32.1 Å². The molecule has 1 amide bonds. The van der Waals surface area contributed by atoms with Gasteiger partial charge in [-0.1, -0.05) is 52.6 Å². The van der Waals surface area contributed by atoms with Gasteiger partial charge in [-0.2, -0.15) is 4.98 Å². The molecule has 4 aromatic rings. The molecule has 196 valence electrons. The number of hydrogen-bond donors (Lipinski definition) is 1. The zero-order valence-corrected chi connectivity index (χ0v) is 22.4. The number of nitrogens with zero attached hydrogens (tertiary/aromatic N) is 2. The molecule has 0 saturated heterocycles. The molecule has 0 bridgehead atoms. The van der Waals surface area contributed by atoms with E-state index in [-0.39, 0.29) is 24.0 Å². The van der Waals surface area contributed by atoms with Gasteiger partial charge in [-0.3, -0.25) is 9.00 Å². The van der Waals surface area contributed by atoms with E-state index in [2.05, 4.69) is 15.5 Å². The molecule has 1 aliphatic carbocycles. The number of halogens is 3. The first-order chi connectivity index (χ1) is 18.2. The van der Waals surface area contributed by atoms with Crippen molar-refractivity contribution in [3.8, 4) is 11.5 Å². The Hall–Kier alpha value is -3.11. The SMILES string of the molecule is CC(c1ccc(CC(=O)Nc2cc(Cl)c(C3(c4noc(-c5ccc(F)cc5)n4)CC3)c(Cl)c2)cc1)S(=O)[O-]. The van der Waals surface area contributed by atoms with E-state index in [0.29, 0.717) is 38.2 Å². The van der Waals surface area contributed by atoms with Crippen LogP contribution in [-0.2, 0) is 27.7 Å². The predicted octanol–water partition coefficient (Wildman–Crippen LogP) is 6.38. The van der Waals surface area contributed by atoms with E-state index in [9.17, 15) is 17.9 Å². The zero-order valence-electron chi connectivity index (χ0n) is 20.0. The average molecular weight is 573 g/mol. The summed E-state index contributed by atoms with van der Waals surface area (Å²) in [5.41, 5.74) is 2.47. The van der Waals surface area contributed by atoms with Crippen LogP contribution in [0.5, 0.6) is 0 Å². The minimum atomic E-state index is -2.21. The van der Waals surface area contributed by atoms with Crippen LogP contribution in [0, 0.1) is 5.82 Å². The lowest BCUT2D eigenvalue weighted by molar-refractivity contribution is -0.115. The highest BCUT2D eigenvalue weighted by Crippen LogP contribution is 2.57. The first-order valence-corrected chi connectivity index (χ1v) is 13.6. The highest BCUT2D eigenvalue weighted by Gasteiger charge is 2.52. The maximum atomic E-state index is 13.3. The maximum absolute atomic E-state index is 13.3. The van der Waals surface area contributed by atoms with Crippen LogP contribution in [0.4, 0.5) is 10.1 Å². The summed E-state index contributed by atoms with van der Waals surface area (Å²) in [7, 11) is 0. The summed E-state index contributed by atoms with van der Waals surface area (Å²) in [5.74, 6) is 0.0727. The van der Waals surface area contributed by atoms with Crippen molar-refractivity contribution in [1.82, 2.24) is 10.1 Å². The third kappa shape index (κ3) is 5.37. The number of benzene rings is 3. The fourth-order valence-electron chi connectivity index (χ4n) is 4.35. The van der Waals surface area contributed by atoms with Crippen molar-refractivity contribution in [1.29, 1.82) is 0 Å². The Morgan fingerprint density at radius 3 is 2.34 bits per heavy atom. The van der Waals surface area contributed by atoms with E-state index in [1.165, 1.54) is 12.1 Å². The van der Waals surface area contributed by atoms with Crippen LogP contribution >= 0.6 is 23.2 Å². The smallest absolute Gasteiger partial charge is 0.257 e. The fraction of sp³-hybridized carbons (Fsp3) is 0.222. The predicted molar refractivity (Wildman–Crippen MR) is 142 cm³/mol. The Kier molecular flexibility index (Phi) is 7.37. The summed E-state index contributed by atoms with van der Waals surface area (Å²) in [4.78, 5) is 17.2. The Labute approximate surface area is 230 Å². The van der Waals surface area contributed by atoms with Crippen molar-refractivity contribution in [3.63, 3.8) is 0 Å².